The Morgan fingerprint density at radius 2 is 0.713 bits per heavy atom. The number of aromatic nitrogens is 6. The number of carboxylic acids is 2. The topological polar surface area (TPSA) is 254 Å². The van der Waals surface area contributed by atoms with E-state index in [4.69, 9.17) is 4.74 Å². The van der Waals surface area contributed by atoms with E-state index in [1.54, 1.807) is 23.9 Å². The predicted molar refractivity (Wildman–Crippen MR) is 429 cm³/mol. The maximum Gasteiger partial charge on any atom is 1.00 e. The molecule has 15 aromatic rings. The second-order valence-electron chi connectivity index (χ2n) is 24.7. The van der Waals surface area contributed by atoms with Gasteiger partial charge >= 0.3 is 66.3 Å². The number of carboxylic acid groups (broad SMARTS) is 2. The number of benzene rings is 12. The number of halogens is 1. The molecule has 3 heterocycles. The number of hydrogen-bond donors (Lipinski definition) is 3. The number of hydrogen-bond acceptors (Lipinski definition) is 11. The number of methoxy groups -OCH3 is 1. The molecule has 0 bridgehead atoms. The molecule has 108 heavy (non-hydrogen) atoms. The van der Waals surface area contributed by atoms with Gasteiger partial charge in [-0.05, 0) is 145 Å². The number of amides is 3. The molecule has 15 rings (SSSR count). The molecular weight excluding hydrogens is 1480 g/mol. The van der Waals surface area contributed by atoms with Crippen LogP contribution in [0.25, 0.3) is 65.0 Å². The minimum atomic E-state index is -0.906. The number of carbonyl (C=O) groups is 6. The van der Waals surface area contributed by atoms with E-state index in [1.165, 1.54) is 7.11 Å². The van der Waals surface area contributed by atoms with Crippen molar-refractivity contribution in [2.24, 2.45) is 0 Å². The third kappa shape index (κ3) is 19.8. The van der Waals surface area contributed by atoms with E-state index >= 15 is 0 Å². The zero-order valence-electron chi connectivity index (χ0n) is 60.9. The number of carbonyl (C=O) groups excluding carboxylic acids is 4. The van der Waals surface area contributed by atoms with Crippen LogP contribution < -0.4 is 63.5 Å². The summed E-state index contributed by atoms with van der Waals surface area (Å²) in [4.78, 5) is 78.4. The van der Waals surface area contributed by atoms with E-state index in [0.717, 1.165) is 93.1 Å². The Kier molecular flexibility index (Phi) is 29.4. The van der Waals surface area contributed by atoms with Crippen LogP contribution in [0, 0.1) is 0 Å². The molecule has 19 nitrogen and oxygen atoms in total. The molecule has 12 aromatic carbocycles. The van der Waals surface area contributed by atoms with Crippen LogP contribution in [0.5, 0.6) is 0 Å². The Bertz CT molecular complexity index is 5680. The summed E-state index contributed by atoms with van der Waals surface area (Å²) >= 11 is 2.15. The Morgan fingerprint density at radius 3 is 1.06 bits per heavy atom. The molecule has 0 aliphatic carbocycles. The smallest absolute Gasteiger partial charge is 1.00 e. The Morgan fingerprint density at radius 1 is 0.417 bits per heavy atom. The summed E-state index contributed by atoms with van der Waals surface area (Å²) in [6.07, 6.45) is -0.105. The first-order chi connectivity index (χ1) is 50.6. The van der Waals surface area contributed by atoms with E-state index in [9.17, 15) is 39.0 Å². The fourth-order valence-corrected chi connectivity index (χ4v) is 12.5. The molecule has 0 aliphatic heterocycles. The molecule has 0 fully saturated rings. The van der Waals surface area contributed by atoms with E-state index < -0.39 is 11.9 Å². The van der Waals surface area contributed by atoms with Crippen LogP contribution >= 0.6 is 22.6 Å². The maximum atomic E-state index is 13.1. The van der Waals surface area contributed by atoms with Crippen molar-refractivity contribution < 1.29 is 99.0 Å². The molecule has 0 radical (unpaired) electrons. The van der Waals surface area contributed by atoms with Gasteiger partial charge in [0.05, 0.1) is 79.6 Å². The van der Waals surface area contributed by atoms with Crippen LogP contribution in [0.2, 0.25) is 0 Å². The summed E-state index contributed by atoms with van der Waals surface area (Å²) in [5.41, 5.74) is 11.8. The van der Waals surface area contributed by atoms with Crippen molar-refractivity contribution in [1.29, 1.82) is 0 Å². The molecular formula is C86H78ILiN9NaO10. The number of ether oxygens (including phenoxy) is 1. The SMILES string of the molecule is C.CI.CN(C(=O)c1ccc2ccccc2c1)c1ccc(Cn2nc(CC(=O)O)c3ccccc32)cc1.COC(=O)Cc1nn(Cc2ccc(N(C)C(=O)c3ccc4ccccc4c3)cc2)c2ccccc12.O=C(O)Cc1nn(Cc2ccc(NC(=O)c3ccc4ccccc4c3)cc2)c2ccccc12.[H-].[Li+].[Na+].[OH-]. The van der Waals surface area contributed by atoms with Crippen LogP contribution in [0.1, 0.15) is 73.7 Å². The van der Waals surface area contributed by atoms with E-state index in [-0.39, 0.29) is 106 Å². The molecule has 3 amide bonds. The number of esters is 1. The number of para-hydroxylation sites is 3. The van der Waals surface area contributed by atoms with Gasteiger partial charge in [-0.1, -0.05) is 212 Å². The first-order valence-electron chi connectivity index (χ1n) is 33.4. The fraction of sp³-hybridized carbons (Fsp3) is 0.128. The summed E-state index contributed by atoms with van der Waals surface area (Å²) in [5, 5.41) is 44.1. The van der Waals surface area contributed by atoms with E-state index in [0.29, 0.717) is 59.1 Å². The molecule has 0 saturated heterocycles. The fourth-order valence-electron chi connectivity index (χ4n) is 12.5. The second-order valence-corrected chi connectivity index (χ2v) is 24.7. The van der Waals surface area contributed by atoms with Gasteiger partial charge in [0.1, 0.15) is 0 Å². The Balaban J connectivity index is 0.000000220. The van der Waals surface area contributed by atoms with Crippen molar-refractivity contribution in [2.75, 3.05) is 41.3 Å². The van der Waals surface area contributed by atoms with Crippen molar-refractivity contribution in [1.82, 2.24) is 29.3 Å². The molecule has 3 aromatic heterocycles. The van der Waals surface area contributed by atoms with Gasteiger partial charge in [0.25, 0.3) is 17.7 Å². The minimum Gasteiger partial charge on any atom is -1.00 e. The summed E-state index contributed by atoms with van der Waals surface area (Å²) in [7, 11) is 4.93. The molecule has 536 valence electrons. The van der Waals surface area contributed by atoms with Gasteiger partial charge in [-0.25, -0.2) is 0 Å². The van der Waals surface area contributed by atoms with Gasteiger partial charge in [-0.15, -0.1) is 0 Å². The quantitative estimate of drug-likeness (QED) is 0.0313. The Labute approximate surface area is 674 Å². The summed E-state index contributed by atoms with van der Waals surface area (Å²) < 4.78 is 10.4. The van der Waals surface area contributed by atoms with Crippen LogP contribution in [-0.4, -0.2) is 107 Å². The van der Waals surface area contributed by atoms with Gasteiger partial charge in [0.2, 0.25) is 0 Å². The number of alkyl halides is 1. The second kappa shape index (κ2) is 38.5. The molecule has 0 aliphatic rings. The minimum absolute atomic E-state index is 0. The first kappa shape index (κ1) is 82.6. The number of aliphatic carboxylic acids is 2. The van der Waals surface area contributed by atoms with Gasteiger partial charge in [0, 0.05) is 64.0 Å². The number of rotatable bonds is 18. The van der Waals surface area contributed by atoms with Crippen LogP contribution in [0.3, 0.4) is 0 Å². The van der Waals surface area contributed by atoms with Gasteiger partial charge in [0.15, 0.2) is 0 Å². The van der Waals surface area contributed by atoms with Crippen molar-refractivity contribution in [3.63, 3.8) is 0 Å². The predicted octanol–water partition coefficient (Wildman–Crippen LogP) is 11.1. The standard InChI is InChI=1S/C29H25N3O3.C28H23N3O3.C27H21N3O3.CH3I.CH4.Li.Na.H2O.H/c1-31(29(34)23-14-13-21-7-3-4-8-22(21)17-23)24-15-11-20(12-16-24)19-32-27-10-6-5-9-25(27)26(30-32)18-28(33)35-2;1-30(28(34)22-13-12-20-6-2-3-7-21(20)16-22)23-14-10-19(11-15-23)18-31-26-9-5-4-8-24(26)25(29-31)17-27(32)33;31-26(32)16-24-23-7-3-4-8-25(23)30(29-24)17-18-9-13-22(14-10-18)28-27(33)21-12-11-19-5-1-2-6-20(19)15-21;1-2;;;;;/h3-17H,18-19H2,1-2H3;2-16H,17-18H2,1H3,(H,32,33);1-15H,16-17H2,(H,28,33)(H,31,32);1H3;1H4;;;1H2;/q;;;;;2*+1;;-1/p-1. The zero-order chi connectivity index (χ0) is 72.8. The third-order valence-corrected chi connectivity index (χ3v) is 17.9. The van der Waals surface area contributed by atoms with Crippen molar-refractivity contribution >= 4 is 140 Å². The number of nitrogens with one attached hydrogen (secondary N) is 1. The van der Waals surface area contributed by atoms with Gasteiger partial charge < -0.3 is 37.0 Å². The van der Waals surface area contributed by atoms with Gasteiger partial charge in [-0.2, -0.15) is 15.3 Å². The molecule has 0 unspecified atom stereocenters. The molecule has 0 atom stereocenters. The molecule has 0 saturated carbocycles. The molecule has 4 N–H and O–H groups in total. The van der Waals surface area contributed by atoms with Crippen molar-refractivity contribution in [3.8, 4) is 0 Å². The summed E-state index contributed by atoms with van der Waals surface area (Å²) in [6.45, 7) is 1.55. The zero-order valence-corrected chi connectivity index (χ0v) is 64.0. The van der Waals surface area contributed by atoms with Crippen LogP contribution in [0.4, 0.5) is 17.1 Å². The molecule has 22 heteroatoms. The number of nitrogens with zero attached hydrogens (tertiary/aromatic N) is 8. The van der Waals surface area contributed by atoms with Gasteiger partial charge in [-0.3, -0.25) is 42.8 Å². The number of anilines is 3. The van der Waals surface area contributed by atoms with Crippen molar-refractivity contribution in [2.45, 2.75) is 46.3 Å². The third-order valence-electron chi connectivity index (χ3n) is 17.9. The Hall–Kier alpha value is -11.1. The van der Waals surface area contributed by atoms with E-state index in [1.807, 2.05) is 292 Å². The first-order valence-corrected chi connectivity index (χ1v) is 35.6. The largest absolute Gasteiger partial charge is 1.00 e. The normalized spacial score (nSPS) is 10.5. The maximum absolute atomic E-state index is 13.1. The monoisotopic (exact) mass is 1550 g/mol. The molecule has 0 spiro atoms. The summed E-state index contributed by atoms with van der Waals surface area (Å²) in [6, 6.07) is 87.4. The summed E-state index contributed by atoms with van der Waals surface area (Å²) in [5.74, 6) is -2.42. The average molecular weight is 1550 g/mol. The number of fused-ring (bicyclic) bond motifs is 6. The van der Waals surface area contributed by atoms with Crippen LogP contribution in [0.15, 0.2) is 273 Å². The van der Waals surface area contributed by atoms with Crippen molar-refractivity contribution in [3.05, 3.63) is 323 Å². The van der Waals surface area contributed by atoms with Crippen LogP contribution in [-0.2, 0) is 58.0 Å². The van der Waals surface area contributed by atoms with E-state index in [2.05, 4.69) is 43.2 Å². The average Bonchev–Trinajstić information content (AvgIpc) is 1.72.